The summed E-state index contributed by atoms with van der Waals surface area (Å²) >= 11 is 1.20. The van der Waals surface area contributed by atoms with Crippen molar-refractivity contribution in [3.05, 3.63) is 94.1 Å². The lowest BCUT2D eigenvalue weighted by molar-refractivity contribution is -0.121. The number of hydrogen-bond acceptors (Lipinski definition) is 6. The van der Waals surface area contributed by atoms with E-state index in [9.17, 15) is 19.1 Å². The Kier molecular flexibility index (Phi) is 7.70. The van der Waals surface area contributed by atoms with E-state index in [4.69, 9.17) is 9.47 Å². The third kappa shape index (κ3) is 5.92. The van der Waals surface area contributed by atoms with Crippen molar-refractivity contribution in [2.24, 2.45) is 4.99 Å². The van der Waals surface area contributed by atoms with Gasteiger partial charge in [0.15, 0.2) is 16.7 Å². The number of carbonyl (C=O) groups is 2. The number of halogens is 1. The van der Waals surface area contributed by atoms with Crippen LogP contribution in [0.1, 0.15) is 28.4 Å². The average molecular weight is 507 g/mol. The second kappa shape index (κ2) is 11.1. The fourth-order valence-corrected chi connectivity index (χ4v) is 4.40. The van der Waals surface area contributed by atoms with Gasteiger partial charge in [0.25, 0.3) is 5.91 Å². The Morgan fingerprint density at radius 2 is 1.89 bits per heavy atom. The number of likely N-dealkylation sites (N-methyl/N-ethyl adjacent to an activating group) is 1. The minimum Gasteiger partial charge on any atom is -0.490 e. The predicted octanol–water partition coefficient (Wildman–Crippen LogP) is 5.74. The number of aromatic carboxylic acids is 1. The second-order valence-corrected chi connectivity index (χ2v) is 8.79. The van der Waals surface area contributed by atoms with E-state index < -0.39 is 5.97 Å². The Bertz CT molecular complexity index is 1370. The van der Waals surface area contributed by atoms with Gasteiger partial charge in [0.1, 0.15) is 12.4 Å². The van der Waals surface area contributed by atoms with Crippen LogP contribution in [0.2, 0.25) is 0 Å². The average Bonchev–Trinajstić information content (AvgIpc) is 3.11. The summed E-state index contributed by atoms with van der Waals surface area (Å²) in [5.74, 6) is -0.589. The van der Waals surface area contributed by atoms with Gasteiger partial charge in [-0.1, -0.05) is 24.3 Å². The number of ether oxygens (including phenoxy) is 2. The quantitative estimate of drug-likeness (QED) is 0.392. The maximum atomic E-state index is 13.4. The van der Waals surface area contributed by atoms with Gasteiger partial charge in [-0.3, -0.25) is 9.69 Å². The molecule has 0 radical (unpaired) electrons. The van der Waals surface area contributed by atoms with Crippen molar-refractivity contribution in [2.45, 2.75) is 13.5 Å². The first-order valence-corrected chi connectivity index (χ1v) is 11.9. The highest BCUT2D eigenvalue weighted by atomic mass is 32.2. The molecule has 1 amide bonds. The monoisotopic (exact) mass is 506 g/mol. The number of hydrogen-bond donors (Lipinski definition) is 1. The van der Waals surface area contributed by atoms with E-state index in [1.807, 2.05) is 6.92 Å². The van der Waals surface area contributed by atoms with Gasteiger partial charge >= 0.3 is 5.97 Å². The number of carboxylic acid groups (broad SMARTS) is 1. The Labute approximate surface area is 211 Å². The summed E-state index contributed by atoms with van der Waals surface area (Å²) in [7, 11) is 1.62. The van der Waals surface area contributed by atoms with E-state index in [2.05, 4.69) is 4.99 Å². The maximum Gasteiger partial charge on any atom is 0.335 e. The van der Waals surface area contributed by atoms with Gasteiger partial charge in [-0.2, -0.15) is 0 Å². The van der Waals surface area contributed by atoms with Crippen molar-refractivity contribution < 1.29 is 28.6 Å². The van der Waals surface area contributed by atoms with Crippen LogP contribution in [0.3, 0.4) is 0 Å². The Balaban J connectivity index is 1.55. The fraction of sp³-hybridized carbons (Fsp3) is 0.148. The van der Waals surface area contributed by atoms with E-state index in [1.165, 1.54) is 40.9 Å². The predicted molar refractivity (Wildman–Crippen MR) is 137 cm³/mol. The molecule has 1 aliphatic heterocycles. The number of carboxylic acids is 1. The van der Waals surface area contributed by atoms with E-state index >= 15 is 0 Å². The van der Waals surface area contributed by atoms with Crippen LogP contribution in [0.15, 0.2) is 76.6 Å². The molecule has 0 aromatic heterocycles. The minimum atomic E-state index is -1.05. The summed E-state index contributed by atoms with van der Waals surface area (Å²) in [5, 5.41) is 9.63. The van der Waals surface area contributed by atoms with Crippen LogP contribution in [0, 0.1) is 5.82 Å². The van der Waals surface area contributed by atoms with Gasteiger partial charge in [-0.15, -0.1) is 0 Å². The van der Waals surface area contributed by atoms with Gasteiger partial charge in [-0.05, 0) is 78.4 Å². The fourth-order valence-electron chi connectivity index (χ4n) is 3.41. The summed E-state index contributed by atoms with van der Waals surface area (Å²) in [5.41, 5.74) is 1.99. The number of amidine groups is 1. The molecule has 0 aliphatic carbocycles. The first kappa shape index (κ1) is 25.0. The molecule has 0 unspecified atom stereocenters. The Hall–Kier alpha value is -4.11. The molecule has 184 valence electrons. The molecule has 1 aliphatic rings. The summed E-state index contributed by atoms with van der Waals surface area (Å²) in [6, 6.07) is 17.7. The Morgan fingerprint density at radius 1 is 1.08 bits per heavy atom. The number of carbonyl (C=O) groups excluding carboxylic acids is 1. The first-order valence-electron chi connectivity index (χ1n) is 11.1. The van der Waals surface area contributed by atoms with Gasteiger partial charge in [0.2, 0.25) is 0 Å². The highest BCUT2D eigenvalue weighted by Gasteiger charge is 2.30. The number of benzene rings is 3. The lowest BCUT2D eigenvalue weighted by atomic mass is 10.1. The first-order chi connectivity index (χ1) is 17.3. The van der Waals surface area contributed by atoms with Crippen LogP contribution in [0.4, 0.5) is 10.1 Å². The van der Waals surface area contributed by atoms with Gasteiger partial charge in [0.05, 0.1) is 22.8 Å². The zero-order valence-electron chi connectivity index (χ0n) is 19.6. The molecule has 0 saturated carbocycles. The molecule has 1 saturated heterocycles. The van der Waals surface area contributed by atoms with Crippen LogP contribution in [0.25, 0.3) is 6.08 Å². The second-order valence-electron chi connectivity index (χ2n) is 7.78. The molecular formula is C27H23FN2O5S. The highest BCUT2D eigenvalue weighted by Crippen LogP contribution is 2.35. The van der Waals surface area contributed by atoms with Crippen LogP contribution >= 0.6 is 11.8 Å². The topological polar surface area (TPSA) is 88.4 Å². The van der Waals surface area contributed by atoms with E-state index in [0.717, 1.165) is 5.56 Å². The van der Waals surface area contributed by atoms with E-state index in [0.29, 0.717) is 39.4 Å². The molecule has 0 atom stereocenters. The number of thioether (sulfide) groups is 1. The minimum absolute atomic E-state index is 0.118. The van der Waals surface area contributed by atoms with Crippen molar-refractivity contribution in [1.29, 1.82) is 0 Å². The molecule has 3 aromatic carbocycles. The largest absolute Gasteiger partial charge is 0.490 e. The summed E-state index contributed by atoms with van der Waals surface area (Å²) in [4.78, 5) is 30.4. The van der Waals surface area contributed by atoms with Crippen molar-refractivity contribution >= 4 is 40.6 Å². The van der Waals surface area contributed by atoms with E-state index in [-0.39, 0.29) is 23.9 Å². The van der Waals surface area contributed by atoms with Crippen molar-refractivity contribution in [1.82, 2.24) is 4.90 Å². The van der Waals surface area contributed by atoms with Gasteiger partial charge in [-0.25, -0.2) is 14.2 Å². The number of rotatable bonds is 8. The molecule has 0 bridgehead atoms. The van der Waals surface area contributed by atoms with Crippen molar-refractivity contribution in [2.75, 3.05) is 13.7 Å². The third-order valence-electron chi connectivity index (χ3n) is 5.17. The van der Waals surface area contributed by atoms with Crippen LogP contribution in [0.5, 0.6) is 11.5 Å². The molecule has 1 N–H and O–H groups in total. The van der Waals surface area contributed by atoms with Gasteiger partial charge in [0, 0.05) is 7.05 Å². The molecule has 4 rings (SSSR count). The molecule has 3 aromatic rings. The van der Waals surface area contributed by atoms with Crippen LogP contribution in [-0.4, -0.2) is 40.7 Å². The number of aliphatic imine (C=N–C) groups is 1. The number of nitrogens with zero attached hydrogens (tertiary/aromatic N) is 2. The lowest BCUT2D eigenvalue weighted by Crippen LogP contribution is -2.23. The summed E-state index contributed by atoms with van der Waals surface area (Å²) < 4.78 is 25.0. The summed E-state index contributed by atoms with van der Waals surface area (Å²) in [6.45, 7) is 2.45. The van der Waals surface area contributed by atoms with Crippen LogP contribution < -0.4 is 9.47 Å². The lowest BCUT2D eigenvalue weighted by Gasteiger charge is -2.13. The molecular weight excluding hydrogens is 483 g/mol. The SMILES string of the molecule is CCOc1cc(C=C2SC(=Nc3cccc(C(=O)O)c3)N(C)C2=O)ccc1OCc1cccc(F)c1. The van der Waals surface area contributed by atoms with E-state index in [1.54, 1.807) is 55.6 Å². The van der Waals surface area contributed by atoms with Crippen LogP contribution in [-0.2, 0) is 11.4 Å². The summed E-state index contributed by atoms with van der Waals surface area (Å²) in [6.07, 6.45) is 1.73. The zero-order valence-corrected chi connectivity index (χ0v) is 20.4. The normalized spacial score (nSPS) is 15.5. The molecule has 7 nitrogen and oxygen atoms in total. The smallest absolute Gasteiger partial charge is 0.335 e. The highest BCUT2D eigenvalue weighted by molar-refractivity contribution is 8.18. The zero-order chi connectivity index (χ0) is 25.7. The molecule has 36 heavy (non-hydrogen) atoms. The standard InChI is InChI=1S/C27H23FN2O5S/c1-3-34-23-13-17(10-11-22(23)35-16-18-6-4-8-20(28)12-18)14-24-25(31)30(2)27(36-24)29-21-9-5-7-19(15-21)26(32)33/h4-15H,3,16H2,1-2H3,(H,32,33). The molecule has 1 heterocycles. The number of amides is 1. The third-order valence-corrected chi connectivity index (χ3v) is 6.23. The molecule has 0 spiro atoms. The van der Waals surface area contributed by atoms with Crippen molar-refractivity contribution in [3.8, 4) is 11.5 Å². The van der Waals surface area contributed by atoms with Crippen molar-refractivity contribution in [3.63, 3.8) is 0 Å². The van der Waals surface area contributed by atoms with Gasteiger partial charge < -0.3 is 14.6 Å². The Morgan fingerprint density at radius 3 is 2.64 bits per heavy atom. The molecule has 1 fully saturated rings. The maximum absolute atomic E-state index is 13.4. The molecule has 9 heteroatoms.